The van der Waals surface area contributed by atoms with E-state index in [9.17, 15) is 14.0 Å². The van der Waals surface area contributed by atoms with E-state index in [-0.39, 0.29) is 12.2 Å². The molecule has 110 valence electrons. The molecule has 1 rings (SSSR count). The van der Waals surface area contributed by atoms with Crippen molar-refractivity contribution in [3.05, 3.63) is 34.1 Å². The number of nitrogens with two attached hydrogens (primary N) is 1. The van der Waals surface area contributed by atoms with Crippen molar-refractivity contribution >= 4 is 27.9 Å². The Morgan fingerprint density at radius 3 is 2.75 bits per heavy atom. The van der Waals surface area contributed by atoms with Crippen molar-refractivity contribution in [2.45, 2.75) is 19.9 Å². The Balaban J connectivity index is 2.57. The number of nitrogens with one attached hydrogen (secondary N) is 1. The fourth-order valence-electron chi connectivity index (χ4n) is 1.71. The average Bonchev–Trinajstić information content (AvgIpc) is 2.37. The molecule has 1 aromatic carbocycles. The lowest BCUT2D eigenvalue weighted by Crippen LogP contribution is -2.37. The van der Waals surface area contributed by atoms with E-state index >= 15 is 0 Å². The smallest absolute Gasteiger partial charge is 0.318 e. The topological polar surface area (TPSA) is 75.4 Å². The summed E-state index contributed by atoms with van der Waals surface area (Å²) in [5.74, 6) is -0.723. The third kappa shape index (κ3) is 5.66. The number of benzene rings is 1. The third-order valence-corrected chi connectivity index (χ3v) is 3.26. The number of hydrogen-bond donors (Lipinski definition) is 2. The van der Waals surface area contributed by atoms with Crippen LogP contribution in [0.1, 0.15) is 18.9 Å². The van der Waals surface area contributed by atoms with Gasteiger partial charge in [-0.2, -0.15) is 0 Å². The summed E-state index contributed by atoms with van der Waals surface area (Å²) in [5.41, 5.74) is 5.41. The number of imide groups is 1. The predicted molar refractivity (Wildman–Crippen MR) is 77.4 cm³/mol. The first kappa shape index (κ1) is 16.6. The van der Waals surface area contributed by atoms with Crippen LogP contribution < -0.4 is 11.1 Å². The van der Waals surface area contributed by atoms with Gasteiger partial charge in [0, 0.05) is 29.5 Å². The van der Waals surface area contributed by atoms with Crippen molar-refractivity contribution in [3.8, 4) is 0 Å². The SMILES string of the molecule is CCN(CCC(=O)NC(N)=O)Cc1cc(Br)ccc1F. The number of halogens is 2. The van der Waals surface area contributed by atoms with E-state index in [0.29, 0.717) is 25.2 Å². The van der Waals surface area contributed by atoms with Crippen LogP contribution in [0.2, 0.25) is 0 Å². The van der Waals surface area contributed by atoms with Gasteiger partial charge < -0.3 is 5.73 Å². The van der Waals surface area contributed by atoms with Gasteiger partial charge in [0.25, 0.3) is 0 Å². The molecule has 0 saturated heterocycles. The second kappa shape index (κ2) is 7.96. The minimum atomic E-state index is -0.865. The minimum Gasteiger partial charge on any atom is -0.351 e. The van der Waals surface area contributed by atoms with Crippen LogP contribution >= 0.6 is 15.9 Å². The molecule has 1 aromatic rings. The van der Waals surface area contributed by atoms with E-state index in [2.05, 4.69) is 15.9 Å². The van der Waals surface area contributed by atoms with Crippen molar-refractivity contribution in [2.75, 3.05) is 13.1 Å². The molecule has 0 radical (unpaired) electrons. The summed E-state index contributed by atoms with van der Waals surface area (Å²) in [7, 11) is 0. The van der Waals surface area contributed by atoms with Crippen LogP contribution in [-0.2, 0) is 11.3 Å². The Labute approximate surface area is 125 Å². The number of amides is 3. The first-order valence-corrected chi connectivity index (χ1v) is 6.97. The number of carbonyl (C=O) groups is 2. The van der Waals surface area contributed by atoms with E-state index in [1.165, 1.54) is 6.07 Å². The number of nitrogens with zero attached hydrogens (tertiary/aromatic N) is 1. The molecule has 0 saturated carbocycles. The maximum absolute atomic E-state index is 13.6. The summed E-state index contributed by atoms with van der Waals surface area (Å²) in [6, 6.07) is 3.88. The van der Waals surface area contributed by atoms with Gasteiger partial charge in [-0.05, 0) is 24.7 Å². The lowest BCUT2D eigenvalue weighted by Gasteiger charge is -2.20. The van der Waals surface area contributed by atoms with Crippen LogP contribution in [0.15, 0.2) is 22.7 Å². The van der Waals surface area contributed by atoms with Gasteiger partial charge in [0.15, 0.2) is 0 Å². The molecular weight excluding hydrogens is 329 g/mol. The molecule has 0 aliphatic rings. The number of rotatable bonds is 6. The summed E-state index contributed by atoms with van der Waals surface area (Å²) < 4.78 is 14.5. The zero-order valence-corrected chi connectivity index (χ0v) is 12.7. The van der Waals surface area contributed by atoms with E-state index < -0.39 is 11.9 Å². The van der Waals surface area contributed by atoms with Crippen molar-refractivity contribution < 1.29 is 14.0 Å². The Bertz CT molecular complexity index is 497. The number of urea groups is 1. The number of hydrogen-bond acceptors (Lipinski definition) is 3. The molecule has 0 heterocycles. The highest BCUT2D eigenvalue weighted by molar-refractivity contribution is 9.10. The summed E-state index contributed by atoms with van der Waals surface area (Å²) in [5, 5.41) is 2.00. The van der Waals surface area contributed by atoms with Crippen molar-refractivity contribution in [3.63, 3.8) is 0 Å². The quantitative estimate of drug-likeness (QED) is 0.827. The molecule has 0 aliphatic heterocycles. The number of carbonyl (C=O) groups excluding carboxylic acids is 2. The zero-order valence-electron chi connectivity index (χ0n) is 11.2. The Kier molecular flexibility index (Phi) is 6.60. The molecular formula is C13H17BrFN3O2. The van der Waals surface area contributed by atoms with E-state index in [1.54, 1.807) is 12.1 Å². The maximum atomic E-state index is 13.6. The standard InChI is InChI=1S/C13H17BrFN3O2/c1-2-18(6-5-12(19)17-13(16)20)8-9-7-10(14)3-4-11(9)15/h3-4,7H,2,5-6,8H2,1H3,(H3,16,17,19,20). The second-order valence-corrected chi connectivity index (χ2v) is 5.18. The highest BCUT2D eigenvalue weighted by Crippen LogP contribution is 2.17. The summed E-state index contributed by atoms with van der Waals surface area (Å²) in [6.07, 6.45) is 0.131. The highest BCUT2D eigenvalue weighted by atomic mass is 79.9. The van der Waals surface area contributed by atoms with Gasteiger partial charge in [-0.25, -0.2) is 9.18 Å². The molecule has 0 fully saturated rings. The Morgan fingerprint density at radius 2 is 2.15 bits per heavy atom. The Hall–Kier alpha value is -1.47. The van der Waals surface area contributed by atoms with Crippen molar-refractivity contribution in [1.82, 2.24) is 10.2 Å². The van der Waals surface area contributed by atoms with Crippen LogP contribution in [0.5, 0.6) is 0 Å². The molecule has 3 N–H and O–H groups in total. The van der Waals surface area contributed by atoms with Crippen LogP contribution in [0.25, 0.3) is 0 Å². The van der Waals surface area contributed by atoms with Gasteiger partial charge in [-0.3, -0.25) is 15.0 Å². The van der Waals surface area contributed by atoms with Gasteiger partial charge in [-0.15, -0.1) is 0 Å². The first-order chi connectivity index (χ1) is 9.42. The van der Waals surface area contributed by atoms with Gasteiger partial charge >= 0.3 is 6.03 Å². The van der Waals surface area contributed by atoms with E-state index in [1.807, 2.05) is 17.1 Å². The summed E-state index contributed by atoms with van der Waals surface area (Å²) in [6.45, 7) is 3.39. The second-order valence-electron chi connectivity index (χ2n) is 4.27. The summed E-state index contributed by atoms with van der Waals surface area (Å²) in [4.78, 5) is 23.8. The number of primary amides is 1. The molecule has 0 aromatic heterocycles. The van der Waals surface area contributed by atoms with Gasteiger partial charge in [0.05, 0.1) is 0 Å². The minimum absolute atomic E-state index is 0.131. The largest absolute Gasteiger partial charge is 0.351 e. The molecule has 7 heteroatoms. The first-order valence-electron chi connectivity index (χ1n) is 6.18. The lowest BCUT2D eigenvalue weighted by molar-refractivity contribution is -0.120. The zero-order chi connectivity index (χ0) is 15.1. The molecule has 0 aliphatic carbocycles. The Morgan fingerprint density at radius 1 is 1.45 bits per heavy atom. The predicted octanol–water partition coefficient (Wildman–Crippen LogP) is 2.00. The van der Waals surface area contributed by atoms with E-state index in [0.717, 1.165) is 4.47 Å². The monoisotopic (exact) mass is 345 g/mol. The van der Waals surface area contributed by atoms with Crippen LogP contribution in [0, 0.1) is 5.82 Å². The average molecular weight is 346 g/mol. The van der Waals surface area contributed by atoms with Gasteiger partial charge in [-0.1, -0.05) is 22.9 Å². The molecule has 0 bridgehead atoms. The fraction of sp³-hybridized carbons (Fsp3) is 0.385. The van der Waals surface area contributed by atoms with Gasteiger partial charge in [0.1, 0.15) is 5.82 Å². The summed E-state index contributed by atoms with van der Waals surface area (Å²) >= 11 is 3.30. The lowest BCUT2D eigenvalue weighted by atomic mass is 10.2. The van der Waals surface area contributed by atoms with Crippen molar-refractivity contribution in [1.29, 1.82) is 0 Å². The van der Waals surface area contributed by atoms with Crippen LogP contribution in [-0.4, -0.2) is 29.9 Å². The normalized spacial score (nSPS) is 10.6. The molecule has 0 atom stereocenters. The molecule has 5 nitrogen and oxygen atoms in total. The van der Waals surface area contributed by atoms with Crippen LogP contribution in [0.3, 0.4) is 0 Å². The third-order valence-electron chi connectivity index (χ3n) is 2.77. The fourth-order valence-corrected chi connectivity index (χ4v) is 2.12. The van der Waals surface area contributed by atoms with Crippen molar-refractivity contribution in [2.24, 2.45) is 5.73 Å². The molecule has 3 amide bonds. The van der Waals surface area contributed by atoms with Crippen LogP contribution in [0.4, 0.5) is 9.18 Å². The highest BCUT2D eigenvalue weighted by Gasteiger charge is 2.11. The molecule has 0 spiro atoms. The van der Waals surface area contributed by atoms with E-state index in [4.69, 9.17) is 5.73 Å². The molecule has 20 heavy (non-hydrogen) atoms. The van der Waals surface area contributed by atoms with Gasteiger partial charge in [0.2, 0.25) is 5.91 Å². The molecule has 0 unspecified atom stereocenters. The maximum Gasteiger partial charge on any atom is 0.318 e.